The number of rotatable bonds is 5. The molecule has 0 aliphatic carbocycles. The van der Waals surface area contributed by atoms with Gasteiger partial charge >= 0.3 is 12.0 Å². The molecule has 6 nitrogen and oxygen atoms in total. The van der Waals surface area contributed by atoms with Crippen LogP contribution in [0.15, 0.2) is 66.7 Å². The van der Waals surface area contributed by atoms with Crippen LogP contribution in [0.4, 0.5) is 16.2 Å². The first kappa shape index (κ1) is 23.9. The van der Waals surface area contributed by atoms with Gasteiger partial charge in [-0.3, -0.25) is 0 Å². The Morgan fingerprint density at radius 1 is 1.06 bits per heavy atom. The second-order valence-corrected chi connectivity index (χ2v) is 9.53. The molecular weight excluding hydrogens is 493 g/mol. The molecule has 1 unspecified atom stereocenters. The number of carbonyl (C=O) groups is 2. The SMILES string of the molecule is Cc1ccc(Cl)c(Nc2ccccc2C(=O)ON(C(N)=O)C(C)c2cc3ccccc3s2)c1Cl. The Morgan fingerprint density at radius 3 is 2.50 bits per heavy atom. The second-order valence-electron chi connectivity index (χ2n) is 7.63. The summed E-state index contributed by atoms with van der Waals surface area (Å²) in [6.07, 6.45) is 0. The Labute approximate surface area is 210 Å². The number of nitrogens with two attached hydrogens (primary N) is 1. The lowest BCUT2D eigenvalue weighted by atomic mass is 10.1. The van der Waals surface area contributed by atoms with Crippen LogP contribution in [-0.4, -0.2) is 17.1 Å². The minimum atomic E-state index is -0.881. The van der Waals surface area contributed by atoms with E-state index in [1.165, 1.54) is 11.3 Å². The third kappa shape index (κ3) is 4.82. The Morgan fingerprint density at radius 2 is 1.76 bits per heavy atom. The van der Waals surface area contributed by atoms with Gasteiger partial charge in [-0.2, -0.15) is 0 Å². The number of carbonyl (C=O) groups excluding carboxylic acids is 2. The van der Waals surface area contributed by atoms with Gasteiger partial charge in [0.15, 0.2) is 0 Å². The predicted molar refractivity (Wildman–Crippen MR) is 138 cm³/mol. The van der Waals surface area contributed by atoms with Gasteiger partial charge in [-0.15, -0.1) is 16.4 Å². The standard InChI is InChI=1S/C25H21Cl2N3O3S/c1-14-11-12-18(26)23(22(14)27)29-19-9-5-4-8-17(19)24(31)33-30(25(28)32)15(2)21-13-16-7-3-6-10-20(16)34-21/h3-13,15,29H,1-2H3,(H2,28,32). The molecule has 0 aliphatic heterocycles. The number of urea groups is 1. The molecule has 0 spiro atoms. The molecule has 0 aliphatic rings. The lowest BCUT2D eigenvalue weighted by molar-refractivity contribution is -0.0927. The lowest BCUT2D eigenvalue weighted by Crippen LogP contribution is -2.39. The minimum Gasteiger partial charge on any atom is -0.352 e. The summed E-state index contributed by atoms with van der Waals surface area (Å²) < 4.78 is 1.06. The summed E-state index contributed by atoms with van der Waals surface area (Å²) in [5.74, 6) is -0.755. The fraction of sp³-hybridized carbons (Fsp3) is 0.120. The number of amides is 2. The average Bonchev–Trinajstić information content (AvgIpc) is 3.26. The van der Waals surface area contributed by atoms with Gasteiger partial charge in [0.25, 0.3) is 0 Å². The Hall–Kier alpha value is -3.26. The van der Waals surface area contributed by atoms with Crippen LogP contribution in [0.2, 0.25) is 10.0 Å². The third-order valence-electron chi connectivity index (χ3n) is 5.30. The first-order chi connectivity index (χ1) is 16.3. The van der Waals surface area contributed by atoms with Crippen LogP contribution < -0.4 is 11.1 Å². The predicted octanol–water partition coefficient (Wildman–Crippen LogP) is 7.47. The molecule has 2 amide bonds. The number of nitrogens with one attached hydrogen (secondary N) is 1. The minimum absolute atomic E-state index is 0.186. The molecule has 0 saturated heterocycles. The van der Waals surface area contributed by atoms with E-state index in [0.29, 0.717) is 21.4 Å². The summed E-state index contributed by atoms with van der Waals surface area (Å²) in [6, 6.07) is 18.5. The van der Waals surface area contributed by atoms with Crippen LogP contribution >= 0.6 is 34.5 Å². The summed E-state index contributed by atoms with van der Waals surface area (Å²) >= 11 is 14.2. The number of nitrogens with zero attached hydrogens (tertiary/aromatic N) is 1. The van der Waals surface area contributed by atoms with Crippen LogP contribution in [0.1, 0.15) is 33.8 Å². The molecule has 4 rings (SSSR count). The third-order valence-corrected chi connectivity index (χ3v) is 7.39. The van der Waals surface area contributed by atoms with Crippen molar-refractivity contribution < 1.29 is 14.4 Å². The van der Waals surface area contributed by atoms with Gasteiger partial charge < -0.3 is 15.9 Å². The van der Waals surface area contributed by atoms with Crippen molar-refractivity contribution >= 4 is 68.0 Å². The van der Waals surface area contributed by atoms with E-state index in [4.69, 9.17) is 33.8 Å². The average molecular weight is 514 g/mol. The molecule has 9 heteroatoms. The summed E-state index contributed by atoms with van der Waals surface area (Å²) in [4.78, 5) is 31.7. The van der Waals surface area contributed by atoms with E-state index < -0.39 is 18.0 Å². The summed E-state index contributed by atoms with van der Waals surface area (Å²) in [5, 5.41) is 5.87. The van der Waals surface area contributed by atoms with E-state index in [-0.39, 0.29) is 5.56 Å². The molecule has 3 N–H and O–H groups in total. The molecule has 1 atom stereocenters. The molecule has 0 fully saturated rings. The normalized spacial score (nSPS) is 11.8. The molecule has 174 valence electrons. The van der Waals surface area contributed by atoms with E-state index in [1.54, 1.807) is 43.3 Å². The fourth-order valence-corrected chi connectivity index (χ4v) is 5.02. The van der Waals surface area contributed by atoms with Crippen molar-refractivity contribution in [3.8, 4) is 0 Å². The van der Waals surface area contributed by atoms with Crippen LogP contribution in [0.3, 0.4) is 0 Å². The zero-order valence-corrected chi connectivity index (χ0v) is 20.7. The number of benzene rings is 3. The first-order valence-electron chi connectivity index (χ1n) is 10.4. The highest BCUT2D eigenvalue weighted by Crippen LogP contribution is 2.37. The summed E-state index contributed by atoms with van der Waals surface area (Å²) in [5.41, 5.74) is 7.47. The number of primary amides is 1. The maximum atomic E-state index is 13.1. The van der Waals surface area contributed by atoms with Crippen LogP contribution in [-0.2, 0) is 4.84 Å². The molecule has 0 saturated carbocycles. The zero-order valence-electron chi connectivity index (χ0n) is 18.3. The van der Waals surface area contributed by atoms with E-state index in [9.17, 15) is 9.59 Å². The van der Waals surface area contributed by atoms with Gasteiger partial charge in [-0.1, -0.05) is 59.6 Å². The van der Waals surface area contributed by atoms with E-state index >= 15 is 0 Å². The number of hydrogen-bond acceptors (Lipinski definition) is 5. The molecule has 1 aromatic heterocycles. The van der Waals surface area contributed by atoms with Crippen molar-refractivity contribution in [2.75, 3.05) is 5.32 Å². The van der Waals surface area contributed by atoms with Gasteiger partial charge in [0, 0.05) is 9.58 Å². The Kier molecular flexibility index (Phi) is 6.97. The lowest BCUT2D eigenvalue weighted by Gasteiger charge is -2.25. The summed E-state index contributed by atoms with van der Waals surface area (Å²) in [6.45, 7) is 3.60. The number of hydrogen-bond donors (Lipinski definition) is 2. The smallest absolute Gasteiger partial charge is 0.352 e. The van der Waals surface area contributed by atoms with Crippen LogP contribution in [0, 0.1) is 6.92 Å². The Balaban J connectivity index is 1.61. The van der Waals surface area contributed by atoms with Gasteiger partial charge in [-0.25, -0.2) is 9.59 Å². The van der Waals surface area contributed by atoms with Crippen LogP contribution in [0.5, 0.6) is 0 Å². The Bertz CT molecular complexity index is 1360. The largest absolute Gasteiger partial charge is 0.365 e. The van der Waals surface area contributed by atoms with Gasteiger partial charge in [-0.05, 0) is 55.1 Å². The molecule has 0 radical (unpaired) electrons. The van der Waals surface area contributed by atoms with Crippen molar-refractivity contribution in [1.29, 1.82) is 0 Å². The monoisotopic (exact) mass is 513 g/mol. The topological polar surface area (TPSA) is 84.7 Å². The van der Waals surface area contributed by atoms with Crippen molar-refractivity contribution in [3.05, 3.63) is 92.8 Å². The molecular formula is C25H21Cl2N3O3S. The van der Waals surface area contributed by atoms with Crippen molar-refractivity contribution in [2.24, 2.45) is 5.73 Å². The fourth-order valence-electron chi connectivity index (χ4n) is 3.45. The van der Waals surface area contributed by atoms with Gasteiger partial charge in [0.2, 0.25) is 0 Å². The number of thiophene rings is 1. The second kappa shape index (κ2) is 9.93. The molecule has 3 aromatic carbocycles. The molecule has 1 heterocycles. The van der Waals surface area contributed by atoms with Crippen molar-refractivity contribution in [3.63, 3.8) is 0 Å². The van der Waals surface area contributed by atoms with E-state index in [1.807, 2.05) is 37.3 Å². The molecule has 34 heavy (non-hydrogen) atoms. The first-order valence-corrected chi connectivity index (χ1v) is 11.9. The van der Waals surface area contributed by atoms with Gasteiger partial charge in [0.1, 0.15) is 6.04 Å². The molecule has 4 aromatic rings. The van der Waals surface area contributed by atoms with Crippen LogP contribution in [0.25, 0.3) is 10.1 Å². The van der Waals surface area contributed by atoms with Crippen molar-refractivity contribution in [2.45, 2.75) is 19.9 Å². The van der Waals surface area contributed by atoms with Gasteiger partial charge in [0.05, 0.1) is 27.0 Å². The highest BCUT2D eigenvalue weighted by Gasteiger charge is 2.27. The van der Waals surface area contributed by atoms with E-state index in [2.05, 4.69) is 5.32 Å². The highest BCUT2D eigenvalue weighted by atomic mass is 35.5. The van der Waals surface area contributed by atoms with E-state index in [0.717, 1.165) is 25.6 Å². The maximum Gasteiger partial charge on any atom is 0.365 e. The number of anilines is 2. The number of aryl methyl sites for hydroxylation is 1. The number of halogens is 2. The highest BCUT2D eigenvalue weighted by molar-refractivity contribution is 7.19. The number of para-hydroxylation sites is 1. The quantitative estimate of drug-likeness (QED) is 0.271. The maximum absolute atomic E-state index is 13.1. The number of fused-ring (bicyclic) bond motifs is 1. The van der Waals surface area contributed by atoms with Crippen molar-refractivity contribution in [1.82, 2.24) is 5.06 Å². The zero-order chi connectivity index (χ0) is 24.4. The molecule has 0 bridgehead atoms. The summed E-state index contributed by atoms with van der Waals surface area (Å²) in [7, 11) is 0. The number of hydroxylamine groups is 2.